The number of rotatable bonds is 3. The van der Waals surface area contributed by atoms with E-state index in [1.807, 2.05) is 0 Å². The maximum Gasteiger partial charge on any atom is 0.380 e. The lowest BCUT2D eigenvalue weighted by molar-refractivity contribution is 0.122. The van der Waals surface area contributed by atoms with Crippen LogP contribution >= 0.6 is 0 Å². The first-order chi connectivity index (χ1) is 8.04. The van der Waals surface area contributed by atoms with Gasteiger partial charge in [-0.1, -0.05) is 0 Å². The SMILES string of the molecule is NS(=O)(=O)Oc1ccc(N2CCOCC2)cc1. The van der Waals surface area contributed by atoms with Crippen LogP contribution in [0, 0.1) is 0 Å². The Morgan fingerprint density at radius 2 is 1.76 bits per heavy atom. The number of hydrogen-bond donors (Lipinski definition) is 1. The van der Waals surface area contributed by atoms with Crippen molar-refractivity contribution in [1.29, 1.82) is 0 Å². The molecule has 7 heteroatoms. The van der Waals surface area contributed by atoms with Crippen molar-refractivity contribution < 1.29 is 17.3 Å². The fraction of sp³-hybridized carbons (Fsp3) is 0.400. The standard InChI is InChI=1S/C10H14N2O4S/c11-17(13,14)16-10-3-1-9(2-4-10)12-5-7-15-8-6-12/h1-4H,5-8H2,(H2,11,13,14). The Balaban J connectivity index is 2.07. The summed E-state index contributed by atoms with van der Waals surface area (Å²) < 4.78 is 31.2. The molecule has 0 saturated carbocycles. The molecule has 17 heavy (non-hydrogen) atoms. The summed E-state index contributed by atoms with van der Waals surface area (Å²) in [5.74, 6) is 0.213. The normalized spacial score (nSPS) is 16.9. The molecule has 0 spiro atoms. The van der Waals surface area contributed by atoms with Crippen molar-refractivity contribution in [3.63, 3.8) is 0 Å². The predicted molar refractivity (Wildman–Crippen MR) is 63.2 cm³/mol. The molecule has 94 valence electrons. The van der Waals surface area contributed by atoms with Crippen LogP contribution in [0.4, 0.5) is 5.69 Å². The molecule has 1 saturated heterocycles. The van der Waals surface area contributed by atoms with Crippen molar-refractivity contribution in [2.45, 2.75) is 0 Å². The Morgan fingerprint density at radius 3 is 2.29 bits per heavy atom. The summed E-state index contributed by atoms with van der Waals surface area (Å²) >= 11 is 0. The van der Waals surface area contributed by atoms with Gasteiger partial charge in [0.25, 0.3) is 0 Å². The molecule has 1 aliphatic heterocycles. The van der Waals surface area contributed by atoms with Crippen molar-refractivity contribution in [3.8, 4) is 5.75 Å². The van der Waals surface area contributed by atoms with E-state index in [1.54, 1.807) is 24.3 Å². The maximum atomic E-state index is 10.7. The molecule has 1 aromatic carbocycles. The smallest absolute Gasteiger partial charge is 0.378 e. The molecule has 2 rings (SSSR count). The van der Waals surface area contributed by atoms with E-state index in [-0.39, 0.29) is 5.75 Å². The van der Waals surface area contributed by atoms with E-state index >= 15 is 0 Å². The molecule has 1 aromatic rings. The molecule has 0 radical (unpaired) electrons. The third-order valence-corrected chi connectivity index (χ3v) is 2.85. The summed E-state index contributed by atoms with van der Waals surface area (Å²) in [7, 11) is -3.95. The number of ether oxygens (including phenoxy) is 1. The first-order valence-electron chi connectivity index (χ1n) is 5.19. The molecule has 0 aromatic heterocycles. The molecule has 0 aliphatic carbocycles. The van der Waals surface area contributed by atoms with Gasteiger partial charge in [0.2, 0.25) is 0 Å². The zero-order valence-corrected chi connectivity index (χ0v) is 10.0. The Bertz CT molecular complexity index is 466. The Labute approximate surface area is 100 Å². The Kier molecular flexibility index (Phi) is 3.51. The van der Waals surface area contributed by atoms with Crippen molar-refractivity contribution >= 4 is 16.0 Å². The largest absolute Gasteiger partial charge is 0.380 e. The van der Waals surface area contributed by atoms with Gasteiger partial charge in [0, 0.05) is 18.8 Å². The van der Waals surface area contributed by atoms with E-state index in [4.69, 9.17) is 9.88 Å². The second-order valence-electron chi connectivity index (χ2n) is 3.67. The second kappa shape index (κ2) is 4.91. The lowest BCUT2D eigenvalue weighted by Crippen LogP contribution is -2.36. The number of nitrogens with two attached hydrogens (primary N) is 1. The van der Waals surface area contributed by atoms with Gasteiger partial charge in [-0.25, -0.2) is 0 Å². The van der Waals surface area contributed by atoms with Gasteiger partial charge in [0.15, 0.2) is 0 Å². The zero-order valence-electron chi connectivity index (χ0n) is 9.20. The molecule has 2 N–H and O–H groups in total. The molecule has 1 heterocycles. The highest BCUT2D eigenvalue weighted by molar-refractivity contribution is 7.84. The van der Waals surface area contributed by atoms with Gasteiger partial charge in [-0.2, -0.15) is 13.6 Å². The van der Waals surface area contributed by atoms with Crippen molar-refractivity contribution in [3.05, 3.63) is 24.3 Å². The highest BCUT2D eigenvalue weighted by Gasteiger charge is 2.11. The van der Waals surface area contributed by atoms with Gasteiger partial charge in [-0.3, -0.25) is 0 Å². The third-order valence-electron chi connectivity index (χ3n) is 2.43. The summed E-state index contributed by atoms with van der Waals surface area (Å²) in [6, 6.07) is 6.75. The summed E-state index contributed by atoms with van der Waals surface area (Å²) in [6.07, 6.45) is 0. The van der Waals surface area contributed by atoms with Crippen LogP contribution in [0.15, 0.2) is 24.3 Å². The van der Waals surface area contributed by atoms with Crippen LogP contribution in [0.5, 0.6) is 5.75 Å². The number of nitrogens with zero attached hydrogens (tertiary/aromatic N) is 1. The fourth-order valence-electron chi connectivity index (χ4n) is 1.67. The van der Waals surface area contributed by atoms with Crippen LogP contribution in [0.25, 0.3) is 0 Å². The first-order valence-corrected chi connectivity index (χ1v) is 6.67. The molecule has 0 unspecified atom stereocenters. The monoisotopic (exact) mass is 258 g/mol. The van der Waals surface area contributed by atoms with E-state index in [0.717, 1.165) is 18.8 Å². The number of anilines is 1. The van der Waals surface area contributed by atoms with Crippen molar-refractivity contribution in [2.75, 3.05) is 31.2 Å². The average molecular weight is 258 g/mol. The number of morpholine rings is 1. The molecule has 0 atom stereocenters. The van der Waals surface area contributed by atoms with E-state index in [0.29, 0.717) is 13.2 Å². The Morgan fingerprint density at radius 1 is 1.18 bits per heavy atom. The highest BCUT2D eigenvalue weighted by Crippen LogP contribution is 2.20. The zero-order chi connectivity index (χ0) is 12.3. The minimum absolute atomic E-state index is 0.213. The summed E-state index contributed by atoms with van der Waals surface area (Å²) in [5, 5.41) is 4.77. The molecule has 6 nitrogen and oxygen atoms in total. The minimum Gasteiger partial charge on any atom is -0.378 e. The van der Waals surface area contributed by atoms with Gasteiger partial charge in [-0.05, 0) is 24.3 Å². The summed E-state index contributed by atoms with van der Waals surface area (Å²) in [4.78, 5) is 2.16. The first kappa shape index (κ1) is 12.2. The number of hydrogen-bond acceptors (Lipinski definition) is 5. The molecule has 0 amide bonds. The second-order valence-corrected chi connectivity index (χ2v) is 4.82. The molecular weight excluding hydrogens is 244 g/mol. The van der Waals surface area contributed by atoms with E-state index in [2.05, 4.69) is 9.08 Å². The van der Waals surface area contributed by atoms with Gasteiger partial charge < -0.3 is 13.8 Å². The van der Waals surface area contributed by atoms with Crippen molar-refractivity contribution in [1.82, 2.24) is 0 Å². The van der Waals surface area contributed by atoms with Crippen LogP contribution in [-0.2, 0) is 15.0 Å². The molecule has 1 fully saturated rings. The lowest BCUT2D eigenvalue weighted by Gasteiger charge is -2.28. The van der Waals surface area contributed by atoms with Crippen LogP contribution in [-0.4, -0.2) is 34.7 Å². The van der Waals surface area contributed by atoms with Crippen molar-refractivity contribution in [2.24, 2.45) is 5.14 Å². The third kappa shape index (κ3) is 3.58. The van der Waals surface area contributed by atoms with Crippen LogP contribution in [0.1, 0.15) is 0 Å². The highest BCUT2D eigenvalue weighted by atomic mass is 32.2. The minimum atomic E-state index is -3.95. The van der Waals surface area contributed by atoms with Gasteiger partial charge in [0.05, 0.1) is 13.2 Å². The topological polar surface area (TPSA) is 81.9 Å². The maximum absolute atomic E-state index is 10.7. The summed E-state index contributed by atoms with van der Waals surface area (Å²) in [6.45, 7) is 3.07. The predicted octanol–water partition coefficient (Wildman–Crippen LogP) is 0.105. The molecule has 0 bridgehead atoms. The van der Waals surface area contributed by atoms with Crippen LogP contribution in [0.2, 0.25) is 0 Å². The van der Waals surface area contributed by atoms with Crippen LogP contribution in [0.3, 0.4) is 0 Å². The number of benzene rings is 1. The quantitative estimate of drug-likeness (QED) is 0.832. The Hall–Kier alpha value is -1.31. The lowest BCUT2D eigenvalue weighted by atomic mass is 10.2. The van der Waals surface area contributed by atoms with Gasteiger partial charge >= 0.3 is 10.3 Å². The molecule has 1 aliphatic rings. The van der Waals surface area contributed by atoms with E-state index in [9.17, 15) is 8.42 Å². The summed E-state index contributed by atoms with van der Waals surface area (Å²) in [5.41, 5.74) is 1.01. The van der Waals surface area contributed by atoms with Crippen LogP contribution < -0.4 is 14.2 Å². The van der Waals surface area contributed by atoms with Gasteiger partial charge in [-0.15, -0.1) is 0 Å². The van der Waals surface area contributed by atoms with Gasteiger partial charge in [0.1, 0.15) is 5.75 Å². The fourth-order valence-corrected chi connectivity index (χ4v) is 2.05. The molecular formula is C10H14N2O4S. The van der Waals surface area contributed by atoms with E-state index in [1.165, 1.54) is 0 Å². The average Bonchev–Trinajstić information content (AvgIpc) is 2.29. The van der Waals surface area contributed by atoms with E-state index < -0.39 is 10.3 Å².